The van der Waals surface area contributed by atoms with Crippen LogP contribution in [0.2, 0.25) is 0 Å². The molecule has 0 aliphatic heterocycles. The summed E-state index contributed by atoms with van der Waals surface area (Å²) in [7, 11) is 0. The Bertz CT molecular complexity index is 865. The van der Waals surface area contributed by atoms with Crippen LogP contribution in [0.25, 0.3) is 6.08 Å². The molecule has 2 aromatic rings. The monoisotopic (exact) mass is 327 g/mol. The van der Waals surface area contributed by atoms with Gasteiger partial charge < -0.3 is 0 Å². The highest BCUT2D eigenvalue weighted by molar-refractivity contribution is 5.86. The number of hydrogen-bond donors (Lipinski definition) is 3. The zero-order valence-electron chi connectivity index (χ0n) is 13.1. The first kappa shape index (κ1) is 17.1. The molecule has 124 valence electrons. The summed E-state index contributed by atoms with van der Waals surface area (Å²) in [5.74, 6) is -0.355. The first-order chi connectivity index (χ1) is 11.5. The number of hydrazone groups is 1. The van der Waals surface area contributed by atoms with Crippen molar-refractivity contribution in [2.75, 3.05) is 0 Å². The standard InChI is InChI=1S/C16H17N5O3/c1-11(9-12-5-3-2-4-6-12)10-17-20-14(22)8-7-13-15(23)18-16(24)21-19-13/h2-6,9-10H,7-8H2,1H3,(H,20,22)(H2,18,21,23,24)/b11-9+,17-10-. The summed E-state index contributed by atoms with van der Waals surface area (Å²) in [6, 6.07) is 9.73. The second-order valence-corrected chi connectivity index (χ2v) is 5.05. The zero-order chi connectivity index (χ0) is 17.4. The summed E-state index contributed by atoms with van der Waals surface area (Å²) in [5, 5.41) is 9.57. The lowest BCUT2D eigenvalue weighted by atomic mass is 10.1. The predicted molar refractivity (Wildman–Crippen MR) is 90.5 cm³/mol. The fourth-order valence-electron chi connectivity index (χ4n) is 1.89. The summed E-state index contributed by atoms with van der Waals surface area (Å²) in [6.45, 7) is 1.87. The topological polar surface area (TPSA) is 120 Å². The molecule has 1 amide bonds. The van der Waals surface area contributed by atoms with Crippen LogP contribution in [0.4, 0.5) is 0 Å². The van der Waals surface area contributed by atoms with Gasteiger partial charge in [-0.2, -0.15) is 10.2 Å². The number of aromatic amines is 2. The van der Waals surface area contributed by atoms with E-state index in [0.717, 1.165) is 11.1 Å². The molecule has 1 heterocycles. The lowest BCUT2D eigenvalue weighted by molar-refractivity contribution is -0.121. The maximum atomic E-state index is 11.7. The Kier molecular flexibility index (Phi) is 5.95. The molecule has 0 bridgehead atoms. The largest absolute Gasteiger partial charge is 0.342 e. The predicted octanol–water partition coefficient (Wildman–Crippen LogP) is 0.596. The molecule has 0 saturated carbocycles. The third-order valence-corrected chi connectivity index (χ3v) is 3.02. The molecule has 0 aliphatic rings. The van der Waals surface area contributed by atoms with Crippen LogP contribution in [0.3, 0.4) is 0 Å². The molecule has 0 radical (unpaired) electrons. The van der Waals surface area contributed by atoms with Crippen molar-refractivity contribution in [3.8, 4) is 0 Å². The van der Waals surface area contributed by atoms with Crippen LogP contribution in [-0.4, -0.2) is 27.3 Å². The molecule has 8 nitrogen and oxygen atoms in total. The Balaban J connectivity index is 1.83. The molecule has 3 N–H and O–H groups in total. The minimum absolute atomic E-state index is 0.0287. The zero-order valence-corrected chi connectivity index (χ0v) is 13.1. The van der Waals surface area contributed by atoms with Gasteiger partial charge in [-0.1, -0.05) is 36.4 Å². The molecule has 0 saturated heterocycles. The molecule has 24 heavy (non-hydrogen) atoms. The number of rotatable bonds is 6. The van der Waals surface area contributed by atoms with Crippen LogP contribution in [0.5, 0.6) is 0 Å². The smallest absolute Gasteiger partial charge is 0.273 e. The fourth-order valence-corrected chi connectivity index (χ4v) is 1.89. The summed E-state index contributed by atoms with van der Waals surface area (Å²) in [5.41, 5.74) is 3.10. The highest BCUT2D eigenvalue weighted by Crippen LogP contribution is 2.04. The van der Waals surface area contributed by atoms with Gasteiger partial charge in [-0.3, -0.25) is 14.6 Å². The van der Waals surface area contributed by atoms with Crippen molar-refractivity contribution in [1.29, 1.82) is 0 Å². The van der Waals surface area contributed by atoms with Gasteiger partial charge in [0.2, 0.25) is 5.91 Å². The number of nitrogens with one attached hydrogen (secondary N) is 3. The van der Waals surface area contributed by atoms with E-state index in [2.05, 4.69) is 20.7 Å². The Morgan fingerprint density at radius 3 is 2.75 bits per heavy atom. The van der Waals surface area contributed by atoms with E-state index in [0.29, 0.717) is 0 Å². The van der Waals surface area contributed by atoms with Crippen LogP contribution < -0.4 is 16.7 Å². The normalized spacial score (nSPS) is 11.6. The van der Waals surface area contributed by atoms with E-state index in [1.165, 1.54) is 6.21 Å². The highest BCUT2D eigenvalue weighted by Gasteiger charge is 2.06. The van der Waals surface area contributed by atoms with Crippen molar-refractivity contribution in [2.24, 2.45) is 5.10 Å². The van der Waals surface area contributed by atoms with E-state index >= 15 is 0 Å². The van der Waals surface area contributed by atoms with Crippen molar-refractivity contribution >= 4 is 18.2 Å². The first-order valence-corrected chi connectivity index (χ1v) is 7.28. The number of carbonyl (C=O) groups is 1. The number of H-pyrrole nitrogens is 2. The number of hydrogen-bond acceptors (Lipinski definition) is 5. The molecule has 0 aliphatic carbocycles. The van der Waals surface area contributed by atoms with E-state index in [-0.39, 0.29) is 24.4 Å². The van der Waals surface area contributed by atoms with Gasteiger partial charge in [0.1, 0.15) is 5.69 Å². The minimum atomic E-state index is -0.682. The molecule has 1 aromatic heterocycles. The summed E-state index contributed by atoms with van der Waals surface area (Å²) < 4.78 is 0. The van der Waals surface area contributed by atoms with Crippen LogP contribution in [-0.2, 0) is 11.2 Å². The van der Waals surface area contributed by atoms with Gasteiger partial charge in [-0.15, -0.1) is 0 Å². The molecule has 1 aromatic carbocycles. The van der Waals surface area contributed by atoms with Crippen molar-refractivity contribution in [3.05, 3.63) is 68.0 Å². The summed E-state index contributed by atoms with van der Waals surface area (Å²) >= 11 is 0. The van der Waals surface area contributed by atoms with E-state index in [9.17, 15) is 14.4 Å². The average molecular weight is 327 g/mol. The van der Waals surface area contributed by atoms with Gasteiger partial charge in [0.15, 0.2) is 0 Å². The van der Waals surface area contributed by atoms with Gasteiger partial charge >= 0.3 is 5.69 Å². The van der Waals surface area contributed by atoms with E-state index < -0.39 is 11.2 Å². The quantitative estimate of drug-likeness (QED) is 0.531. The average Bonchev–Trinajstić information content (AvgIpc) is 2.55. The number of nitrogens with zero attached hydrogens (tertiary/aromatic N) is 2. The molecular weight excluding hydrogens is 310 g/mol. The highest BCUT2D eigenvalue weighted by atomic mass is 16.2. The third-order valence-electron chi connectivity index (χ3n) is 3.02. The van der Waals surface area contributed by atoms with Gasteiger partial charge in [0, 0.05) is 12.8 Å². The molecule has 0 atom stereocenters. The number of amides is 1. The van der Waals surface area contributed by atoms with Crippen molar-refractivity contribution in [1.82, 2.24) is 20.6 Å². The number of aromatic nitrogens is 3. The molecule has 0 spiro atoms. The van der Waals surface area contributed by atoms with Gasteiger partial charge in [-0.25, -0.2) is 15.3 Å². The molecule has 0 fully saturated rings. The maximum Gasteiger partial charge on any atom is 0.342 e. The molecule has 0 unspecified atom stereocenters. The van der Waals surface area contributed by atoms with Crippen LogP contribution in [0.1, 0.15) is 24.6 Å². The Labute approximate surface area is 137 Å². The van der Waals surface area contributed by atoms with Crippen molar-refractivity contribution < 1.29 is 4.79 Å². The second-order valence-electron chi connectivity index (χ2n) is 5.05. The molecule has 2 rings (SSSR count). The SMILES string of the molecule is CC(/C=N\NC(=O)CCc1n[nH]c(=O)[nH]c1=O)=C\c1ccccc1. The third kappa shape index (κ3) is 5.48. The fraction of sp³-hybridized carbons (Fsp3) is 0.188. The van der Waals surface area contributed by atoms with Crippen molar-refractivity contribution in [3.63, 3.8) is 0 Å². The molecule has 8 heteroatoms. The Hall–Kier alpha value is -3.29. The Morgan fingerprint density at radius 1 is 1.29 bits per heavy atom. The summed E-state index contributed by atoms with van der Waals surface area (Å²) in [4.78, 5) is 36.0. The second kappa shape index (κ2) is 8.37. The van der Waals surface area contributed by atoms with E-state index in [1.807, 2.05) is 48.3 Å². The number of benzene rings is 1. The van der Waals surface area contributed by atoms with Gasteiger partial charge in [-0.05, 0) is 18.1 Å². The lowest BCUT2D eigenvalue weighted by Gasteiger charge is -1.99. The Morgan fingerprint density at radius 2 is 2.04 bits per heavy atom. The van der Waals surface area contributed by atoms with Gasteiger partial charge in [0.25, 0.3) is 5.56 Å². The minimum Gasteiger partial charge on any atom is -0.273 e. The molecular formula is C16H17N5O3. The summed E-state index contributed by atoms with van der Waals surface area (Å²) in [6.07, 6.45) is 3.60. The van der Waals surface area contributed by atoms with E-state index in [4.69, 9.17) is 0 Å². The van der Waals surface area contributed by atoms with Crippen LogP contribution in [0, 0.1) is 0 Å². The van der Waals surface area contributed by atoms with Crippen LogP contribution in [0.15, 0.2) is 50.6 Å². The lowest BCUT2D eigenvalue weighted by Crippen LogP contribution is -2.28. The number of aryl methyl sites for hydroxylation is 1. The maximum absolute atomic E-state index is 11.7. The van der Waals surface area contributed by atoms with Crippen LogP contribution >= 0.6 is 0 Å². The number of carbonyl (C=O) groups excluding carboxylic acids is 1. The van der Waals surface area contributed by atoms with Crippen molar-refractivity contribution in [2.45, 2.75) is 19.8 Å². The number of allylic oxidation sites excluding steroid dienone is 1. The van der Waals surface area contributed by atoms with Gasteiger partial charge in [0.05, 0.1) is 6.21 Å². The van der Waals surface area contributed by atoms with E-state index in [1.54, 1.807) is 0 Å². The first-order valence-electron chi connectivity index (χ1n) is 7.28.